The van der Waals surface area contributed by atoms with Crippen molar-refractivity contribution in [3.8, 4) is 0 Å². The molecule has 1 aliphatic heterocycles. The fraction of sp³-hybridized carbons (Fsp3) is 0.154. The Bertz CT molecular complexity index is 444. The third-order valence-electron chi connectivity index (χ3n) is 2.36. The molecule has 0 atom stereocenters. The third kappa shape index (κ3) is 2.20. The Morgan fingerprint density at radius 1 is 1.31 bits per heavy atom. The number of ether oxygens (including phenoxy) is 1. The number of carbonyl (C=O) groups is 1. The molecule has 1 aromatic carbocycles. The maximum Gasteiger partial charge on any atom is 0.339 e. The Labute approximate surface area is 93.7 Å². The summed E-state index contributed by atoms with van der Waals surface area (Å²) in [6.07, 6.45) is 3.40. The van der Waals surface area contributed by atoms with Crippen molar-refractivity contribution in [2.45, 2.75) is 0 Å². The molecule has 0 aliphatic carbocycles. The Hall–Kier alpha value is -1.87. The minimum atomic E-state index is -0.318. The van der Waals surface area contributed by atoms with Gasteiger partial charge in [-0.15, -0.1) is 0 Å². The summed E-state index contributed by atoms with van der Waals surface area (Å²) < 4.78 is 5.02. The van der Waals surface area contributed by atoms with E-state index in [1.165, 1.54) is 0 Å². The summed E-state index contributed by atoms with van der Waals surface area (Å²) in [6.45, 7) is 0.182. The Morgan fingerprint density at radius 3 is 2.75 bits per heavy atom. The minimum absolute atomic E-state index is 0.0501. The summed E-state index contributed by atoms with van der Waals surface area (Å²) >= 11 is 0. The van der Waals surface area contributed by atoms with Crippen LogP contribution in [0, 0.1) is 0 Å². The average molecular weight is 216 g/mol. The molecule has 2 rings (SSSR count). The monoisotopic (exact) mass is 216 g/mol. The molecule has 0 fully saturated rings. The number of cyclic esters (lactones) is 1. The third-order valence-corrected chi connectivity index (χ3v) is 2.36. The summed E-state index contributed by atoms with van der Waals surface area (Å²) in [6, 6.07) is 9.34. The molecule has 0 bridgehead atoms. The standard InChI is InChI=1S/C13H12O3/c14-7-6-10-8-12(13(15)16-9-10)11-4-2-1-3-5-11/h1-6,8,14H,7,9H2/b10-6-. The maximum atomic E-state index is 11.6. The molecule has 0 saturated carbocycles. The van der Waals surface area contributed by atoms with Gasteiger partial charge >= 0.3 is 5.97 Å². The first-order valence-corrected chi connectivity index (χ1v) is 5.05. The lowest BCUT2D eigenvalue weighted by atomic mass is 10.0. The zero-order chi connectivity index (χ0) is 11.4. The van der Waals surface area contributed by atoms with Crippen LogP contribution in [0.5, 0.6) is 0 Å². The first kappa shape index (κ1) is 10.6. The van der Waals surface area contributed by atoms with E-state index < -0.39 is 0 Å². The lowest BCUT2D eigenvalue weighted by Gasteiger charge is -2.15. The molecule has 0 saturated heterocycles. The van der Waals surface area contributed by atoms with E-state index >= 15 is 0 Å². The van der Waals surface area contributed by atoms with Gasteiger partial charge in [0, 0.05) is 0 Å². The number of hydrogen-bond acceptors (Lipinski definition) is 3. The van der Waals surface area contributed by atoms with Gasteiger partial charge in [0.15, 0.2) is 0 Å². The van der Waals surface area contributed by atoms with Crippen LogP contribution in [0.4, 0.5) is 0 Å². The van der Waals surface area contributed by atoms with E-state index in [2.05, 4.69) is 0 Å². The second-order valence-corrected chi connectivity index (χ2v) is 3.46. The quantitative estimate of drug-likeness (QED) is 0.763. The molecular formula is C13H12O3. The van der Waals surface area contributed by atoms with Crippen LogP contribution in [0.3, 0.4) is 0 Å². The Kier molecular flexibility index (Phi) is 3.17. The lowest BCUT2D eigenvalue weighted by molar-refractivity contribution is -0.136. The second kappa shape index (κ2) is 4.77. The highest BCUT2D eigenvalue weighted by Gasteiger charge is 2.18. The summed E-state index contributed by atoms with van der Waals surface area (Å²) in [4.78, 5) is 11.6. The molecular weight excluding hydrogens is 204 g/mol. The molecule has 0 aromatic heterocycles. The lowest BCUT2D eigenvalue weighted by Crippen LogP contribution is -2.15. The van der Waals surface area contributed by atoms with E-state index in [1.807, 2.05) is 30.3 Å². The SMILES string of the molecule is O=C1OC/C(=C\CO)C=C1c1ccccc1. The molecule has 0 spiro atoms. The van der Waals surface area contributed by atoms with E-state index in [0.717, 1.165) is 11.1 Å². The van der Waals surface area contributed by atoms with Gasteiger partial charge in [-0.25, -0.2) is 4.79 Å². The van der Waals surface area contributed by atoms with Crippen LogP contribution in [-0.2, 0) is 9.53 Å². The predicted octanol–water partition coefficient (Wildman–Crippen LogP) is 1.55. The number of aliphatic hydroxyl groups excluding tert-OH is 1. The van der Waals surface area contributed by atoms with Gasteiger partial charge in [0.1, 0.15) is 6.61 Å². The van der Waals surface area contributed by atoms with Gasteiger partial charge in [-0.1, -0.05) is 36.4 Å². The number of rotatable bonds is 2. The van der Waals surface area contributed by atoms with Crippen LogP contribution in [0.1, 0.15) is 5.56 Å². The highest BCUT2D eigenvalue weighted by molar-refractivity contribution is 6.17. The predicted molar refractivity (Wildman–Crippen MR) is 60.5 cm³/mol. The van der Waals surface area contributed by atoms with Crippen molar-refractivity contribution in [3.63, 3.8) is 0 Å². The molecule has 3 nitrogen and oxygen atoms in total. The summed E-state index contributed by atoms with van der Waals surface area (Å²) in [5.41, 5.74) is 2.18. The zero-order valence-corrected chi connectivity index (χ0v) is 8.72. The fourth-order valence-electron chi connectivity index (χ4n) is 1.57. The van der Waals surface area contributed by atoms with E-state index in [0.29, 0.717) is 5.57 Å². The van der Waals surface area contributed by atoms with Gasteiger partial charge in [-0.3, -0.25) is 0 Å². The number of aliphatic hydroxyl groups is 1. The Balaban J connectivity index is 2.38. The number of esters is 1. The smallest absolute Gasteiger partial charge is 0.339 e. The van der Waals surface area contributed by atoms with Gasteiger partial charge in [-0.05, 0) is 17.2 Å². The van der Waals surface area contributed by atoms with Crippen molar-refractivity contribution in [3.05, 3.63) is 53.6 Å². The summed E-state index contributed by atoms with van der Waals surface area (Å²) in [5.74, 6) is -0.318. The molecule has 1 heterocycles. The molecule has 1 aliphatic rings. The van der Waals surface area contributed by atoms with E-state index in [9.17, 15) is 4.79 Å². The normalized spacial score (nSPS) is 18.2. The minimum Gasteiger partial charge on any atom is -0.457 e. The van der Waals surface area contributed by atoms with Crippen LogP contribution < -0.4 is 0 Å². The van der Waals surface area contributed by atoms with Gasteiger partial charge < -0.3 is 9.84 Å². The summed E-state index contributed by atoms with van der Waals surface area (Å²) in [5, 5.41) is 8.80. The van der Waals surface area contributed by atoms with Gasteiger partial charge in [0.2, 0.25) is 0 Å². The molecule has 82 valence electrons. The van der Waals surface area contributed by atoms with Gasteiger partial charge in [0.25, 0.3) is 0 Å². The molecule has 0 amide bonds. The number of hydrogen-bond donors (Lipinski definition) is 1. The van der Waals surface area contributed by atoms with Crippen molar-refractivity contribution in [1.29, 1.82) is 0 Å². The topological polar surface area (TPSA) is 46.5 Å². The zero-order valence-electron chi connectivity index (χ0n) is 8.72. The fourth-order valence-corrected chi connectivity index (χ4v) is 1.57. The van der Waals surface area contributed by atoms with Crippen LogP contribution in [0.15, 0.2) is 48.1 Å². The highest BCUT2D eigenvalue weighted by Crippen LogP contribution is 2.22. The van der Waals surface area contributed by atoms with Crippen molar-refractivity contribution in [2.24, 2.45) is 0 Å². The van der Waals surface area contributed by atoms with Crippen LogP contribution in [0.25, 0.3) is 5.57 Å². The number of carbonyl (C=O) groups excluding carboxylic acids is 1. The van der Waals surface area contributed by atoms with Crippen LogP contribution in [-0.4, -0.2) is 24.3 Å². The van der Waals surface area contributed by atoms with E-state index in [4.69, 9.17) is 9.84 Å². The second-order valence-electron chi connectivity index (χ2n) is 3.46. The molecule has 0 radical (unpaired) electrons. The largest absolute Gasteiger partial charge is 0.457 e. The van der Waals surface area contributed by atoms with E-state index in [1.54, 1.807) is 12.2 Å². The molecule has 3 heteroatoms. The highest BCUT2D eigenvalue weighted by atomic mass is 16.5. The Morgan fingerprint density at radius 2 is 2.06 bits per heavy atom. The van der Waals surface area contributed by atoms with Crippen LogP contribution >= 0.6 is 0 Å². The van der Waals surface area contributed by atoms with Gasteiger partial charge in [0.05, 0.1) is 12.2 Å². The molecule has 0 unspecified atom stereocenters. The van der Waals surface area contributed by atoms with Crippen molar-refractivity contribution in [2.75, 3.05) is 13.2 Å². The van der Waals surface area contributed by atoms with Crippen molar-refractivity contribution < 1.29 is 14.6 Å². The summed E-state index contributed by atoms with van der Waals surface area (Å²) in [7, 11) is 0. The van der Waals surface area contributed by atoms with Crippen LogP contribution in [0.2, 0.25) is 0 Å². The van der Waals surface area contributed by atoms with Crippen molar-refractivity contribution >= 4 is 11.5 Å². The van der Waals surface area contributed by atoms with Crippen molar-refractivity contribution in [1.82, 2.24) is 0 Å². The maximum absolute atomic E-state index is 11.6. The molecule has 1 N–H and O–H groups in total. The van der Waals surface area contributed by atoms with E-state index in [-0.39, 0.29) is 19.2 Å². The number of benzene rings is 1. The van der Waals surface area contributed by atoms with Gasteiger partial charge in [-0.2, -0.15) is 0 Å². The molecule has 16 heavy (non-hydrogen) atoms. The molecule has 1 aromatic rings. The average Bonchev–Trinajstić information content (AvgIpc) is 2.33. The first-order valence-electron chi connectivity index (χ1n) is 5.05. The first-order chi connectivity index (χ1) is 7.81.